The summed E-state index contributed by atoms with van der Waals surface area (Å²) in [5.41, 5.74) is 1.18. The second-order valence-corrected chi connectivity index (χ2v) is 5.45. The van der Waals surface area contributed by atoms with Gasteiger partial charge in [0, 0.05) is 6.54 Å². The van der Waals surface area contributed by atoms with Crippen molar-refractivity contribution in [3.63, 3.8) is 0 Å². The summed E-state index contributed by atoms with van der Waals surface area (Å²) in [5.74, 6) is -0.759. The van der Waals surface area contributed by atoms with Gasteiger partial charge in [0.15, 0.2) is 0 Å². The summed E-state index contributed by atoms with van der Waals surface area (Å²) in [6, 6.07) is 4.48. The number of carbonyl (C=O) groups excluding carboxylic acids is 1. The third kappa shape index (κ3) is 3.04. The van der Waals surface area contributed by atoms with Crippen LogP contribution in [0, 0.1) is 5.92 Å². The summed E-state index contributed by atoms with van der Waals surface area (Å²) < 4.78 is 1.69. The number of carboxylic acids is 1. The SMILES string of the molecule is CC(C)CNC(=O)C(C)n1cnc2c(C(=O)O)cccc21. The van der Waals surface area contributed by atoms with E-state index in [1.54, 1.807) is 23.6 Å². The zero-order valence-electron chi connectivity index (χ0n) is 12.3. The first-order valence-corrected chi connectivity index (χ1v) is 6.88. The Morgan fingerprint density at radius 2 is 2.05 bits per heavy atom. The first-order valence-electron chi connectivity index (χ1n) is 6.88. The Kier molecular flexibility index (Phi) is 4.26. The molecule has 0 aliphatic rings. The van der Waals surface area contributed by atoms with Crippen LogP contribution in [-0.4, -0.2) is 33.1 Å². The van der Waals surface area contributed by atoms with Crippen molar-refractivity contribution < 1.29 is 14.7 Å². The summed E-state index contributed by atoms with van der Waals surface area (Å²) in [6.07, 6.45) is 1.51. The molecule has 1 aromatic carbocycles. The molecule has 1 heterocycles. The van der Waals surface area contributed by atoms with E-state index in [0.717, 1.165) is 0 Å². The van der Waals surface area contributed by atoms with E-state index < -0.39 is 12.0 Å². The highest BCUT2D eigenvalue weighted by molar-refractivity contribution is 6.01. The number of hydrogen-bond acceptors (Lipinski definition) is 3. The number of aromatic nitrogens is 2. The number of nitrogens with one attached hydrogen (secondary N) is 1. The molecule has 112 valence electrons. The van der Waals surface area contributed by atoms with Crippen LogP contribution < -0.4 is 5.32 Å². The van der Waals surface area contributed by atoms with Gasteiger partial charge in [0.25, 0.3) is 0 Å². The molecule has 0 spiro atoms. The van der Waals surface area contributed by atoms with Crippen LogP contribution in [0.3, 0.4) is 0 Å². The first-order chi connectivity index (χ1) is 9.91. The van der Waals surface area contributed by atoms with Gasteiger partial charge in [0.05, 0.1) is 17.4 Å². The van der Waals surface area contributed by atoms with Crippen LogP contribution in [0.15, 0.2) is 24.5 Å². The molecule has 0 radical (unpaired) electrons. The summed E-state index contributed by atoms with van der Waals surface area (Å²) in [5, 5.41) is 12.0. The number of amides is 1. The monoisotopic (exact) mass is 289 g/mol. The summed E-state index contributed by atoms with van der Waals surface area (Å²) in [6.45, 7) is 6.42. The fraction of sp³-hybridized carbons (Fsp3) is 0.400. The first kappa shape index (κ1) is 15.0. The second-order valence-electron chi connectivity index (χ2n) is 5.45. The Morgan fingerprint density at radius 3 is 2.67 bits per heavy atom. The van der Waals surface area contributed by atoms with Crippen LogP contribution in [0.4, 0.5) is 0 Å². The Morgan fingerprint density at radius 1 is 1.33 bits per heavy atom. The molecule has 0 aliphatic heterocycles. The van der Waals surface area contributed by atoms with Gasteiger partial charge in [-0.05, 0) is 25.0 Å². The lowest BCUT2D eigenvalue weighted by Crippen LogP contribution is -2.33. The van der Waals surface area contributed by atoms with Gasteiger partial charge in [-0.15, -0.1) is 0 Å². The van der Waals surface area contributed by atoms with E-state index in [4.69, 9.17) is 5.11 Å². The van der Waals surface area contributed by atoms with Crippen LogP contribution in [0.25, 0.3) is 11.0 Å². The van der Waals surface area contributed by atoms with Crippen LogP contribution in [-0.2, 0) is 4.79 Å². The largest absolute Gasteiger partial charge is 0.478 e. The maximum atomic E-state index is 12.1. The van der Waals surface area contributed by atoms with E-state index in [9.17, 15) is 9.59 Å². The van der Waals surface area contributed by atoms with Gasteiger partial charge in [-0.3, -0.25) is 4.79 Å². The van der Waals surface area contributed by atoms with Crippen molar-refractivity contribution >= 4 is 22.9 Å². The van der Waals surface area contributed by atoms with Crippen molar-refractivity contribution in [2.75, 3.05) is 6.54 Å². The van der Waals surface area contributed by atoms with Crippen LogP contribution in [0.1, 0.15) is 37.2 Å². The number of hydrogen-bond donors (Lipinski definition) is 2. The van der Waals surface area contributed by atoms with E-state index in [0.29, 0.717) is 23.5 Å². The quantitative estimate of drug-likeness (QED) is 0.882. The molecule has 1 aromatic heterocycles. The zero-order chi connectivity index (χ0) is 15.6. The topological polar surface area (TPSA) is 84.2 Å². The third-order valence-corrected chi connectivity index (χ3v) is 3.32. The van der Waals surface area contributed by atoms with Gasteiger partial charge in [0.2, 0.25) is 5.91 Å². The normalized spacial score (nSPS) is 12.6. The third-order valence-electron chi connectivity index (χ3n) is 3.32. The van der Waals surface area contributed by atoms with E-state index >= 15 is 0 Å². The number of imidazole rings is 1. The molecule has 6 nitrogen and oxygen atoms in total. The number of benzene rings is 1. The van der Waals surface area contributed by atoms with Crippen molar-refractivity contribution in [1.29, 1.82) is 0 Å². The lowest BCUT2D eigenvalue weighted by atomic mass is 10.1. The molecule has 0 aliphatic carbocycles. The van der Waals surface area contributed by atoms with E-state index in [-0.39, 0.29) is 11.5 Å². The molecule has 1 amide bonds. The van der Waals surface area contributed by atoms with Gasteiger partial charge in [-0.1, -0.05) is 19.9 Å². The molecule has 1 unspecified atom stereocenters. The minimum Gasteiger partial charge on any atom is -0.478 e. The van der Waals surface area contributed by atoms with Gasteiger partial charge >= 0.3 is 5.97 Å². The van der Waals surface area contributed by atoms with E-state index in [1.807, 2.05) is 13.8 Å². The van der Waals surface area contributed by atoms with E-state index in [2.05, 4.69) is 10.3 Å². The number of rotatable bonds is 5. The Bertz CT molecular complexity index is 676. The molecular weight excluding hydrogens is 270 g/mol. The van der Waals surface area contributed by atoms with Crippen molar-refractivity contribution in [2.45, 2.75) is 26.8 Å². The minimum atomic E-state index is -1.03. The van der Waals surface area contributed by atoms with Gasteiger partial charge in [0.1, 0.15) is 11.6 Å². The van der Waals surface area contributed by atoms with Gasteiger partial charge in [-0.2, -0.15) is 0 Å². The maximum absolute atomic E-state index is 12.1. The number of fused-ring (bicyclic) bond motifs is 1. The van der Waals surface area contributed by atoms with Crippen LogP contribution in [0.2, 0.25) is 0 Å². The lowest BCUT2D eigenvalue weighted by molar-refractivity contribution is -0.123. The highest BCUT2D eigenvalue weighted by Crippen LogP contribution is 2.21. The predicted octanol–water partition coefficient (Wildman–Crippen LogP) is 2.07. The number of nitrogens with zero attached hydrogens (tertiary/aromatic N) is 2. The molecule has 2 aromatic rings. The second kappa shape index (κ2) is 5.95. The predicted molar refractivity (Wildman–Crippen MR) is 79.3 cm³/mol. The van der Waals surface area contributed by atoms with Gasteiger partial charge < -0.3 is 15.0 Å². The van der Waals surface area contributed by atoms with Crippen molar-refractivity contribution in [3.05, 3.63) is 30.1 Å². The summed E-state index contributed by atoms with van der Waals surface area (Å²) in [7, 11) is 0. The highest BCUT2D eigenvalue weighted by atomic mass is 16.4. The molecule has 0 fully saturated rings. The number of carbonyl (C=O) groups is 2. The highest BCUT2D eigenvalue weighted by Gasteiger charge is 2.19. The molecule has 2 N–H and O–H groups in total. The summed E-state index contributed by atoms with van der Waals surface area (Å²) >= 11 is 0. The molecule has 1 atom stereocenters. The standard InChI is InChI=1S/C15H19N3O3/c1-9(2)7-16-14(19)10(3)18-8-17-13-11(15(20)21)5-4-6-12(13)18/h4-6,8-10H,7H2,1-3H3,(H,16,19)(H,20,21). The molecule has 21 heavy (non-hydrogen) atoms. The Labute approximate surface area is 122 Å². The fourth-order valence-corrected chi connectivity index (χ4v) is 2.12. The average Bonchev–Trinajstić information content (AvgIpc) is 2.87. The lowest BCUT2D eigenvalue weighted by Gasteiger charge is -2.15. The van der Waals surface area contributed by atoms with Crippen molar-refractivity contribution in [1.82, 2.24) is 14.9 Å². The fourth-order valence-electron chi connectivity index (χ4n) is 2.12. The Balaban J connectivity index is 2.32. The van der Waals surface area contributed by atoms with Crippen molar-refractivity contribution in [2.24, 2.45) is 5.92 Å². The molecule has 6 heteroatoms. The van der Waals surface area contributed by atoms with Crippen LogP contribution >= 0.6 is 0 Å². The molecular formula is C15H19N3O3. The maximum Gasteiger partial charge on any atom is 0.337 e. The van der Waals surface area contributed by atoms with E-state index in [1.165, 1.54) is 12.4 Å². The van der Waals surface area contributed by atoms with Crippen LogP contribution in [0.5, 0.6) is 0 Å². The molecule has 2 rings (SSSR count). The molecule has 0 saturated carbocycles. The average molecular weight is 289 g/mol. The molecule has 0 saturated heterocycles. The van der Waals surface area contributed by atoms with Crippen molar-refractivity contribution in [3.8, 4) is 0 Å². The van der Waals surface area contributed by atoms with Gasteiger partial charge in [-0.25, -0.2) is 9.78 Å². The molecule has 0 bridgehead atoms. The number of carboxylic acid groups (broad SMARTS) is 1. The minimum absolute atomic E-state index is 0.108. The number of aromatic carboxylic acids is 1. The number of para-hydroxylation sites is 1. The summed E-state index contributed by atoms with van der Waals surface area (Å²) in [4.78, 5) is 27.4. The zero-order valence-corrected chi connectivity index (χ0v) is 12.3. The smallest absolute Gasteiger partial charge is 0.337 e. The Hall–Kier alpha value is -2.37.